The van der Waals surface area contributed by atoms with Crippen molar-refractivity contribution in [1.29, 1.82) is 0 Å². The lowest BCUT2D eigenvalue weighted by molar-refractivity contribution is -0.161. The van der Waals surface area contributed by atoms with Crippen LogP contribution in [-0.4, -0.2) is 128 Å². The first kappa shape index (κ1) is 31.7. The molecule has 5 aliphatic rings. The summed E-state index contributed by atoms with van der Waals surface area (Å²) in [4.78, 5) is 46.8. The summed E-state index contributed by atoms with van der Waals surface area (Å²) in [6, 6.07) is 0. The van der Waals surface area contributed by atoms with E-state index in [0.29, 0.717) is 43.5 Å². The number of nitrogens with zero attached hydrogens (tertiary/aromatic N) is 3. The molecule has 238 valence electrons. The second-order valence-corrected chi connectivity index (χ2v) is 13.5. The zero-order valence-corrected chi connectivity index (χ0v) is 26.4. The number of cyclic esters (lactones) is 1. The van der Waals surface area contributed by atoms with Crippen molar-refractivity contribution in [2.75, 3.05) is 67.1 Å². The molecule has 0 spiro atoms. The van der Waals surface area contributed by atoms with E-state index in [-0.39, 0.29) is 23.7 Å². The third kappa shape index (κ3) is 5.43. The van der Waals surface area contributed by atoms with Gasteiger partial charge in [-0.25, -0.2) is 4.79 Å². The van der Waals surface area contributed by atoms with Crippen LogP contribution in [-0.2, 0) is 28.6 Å². The highest BCUT2D eigenvalue weighted by Gasteiger charge is 2.64. The molecule has 0 bridgehead atoms. The van der Waals surface area contributed by atoms with Crippen LogP contribution in [0.15, 0.2) is 34.3 Å². The van der Waals surface area contributed by atoms with E-state index in [9.17, 15) is 24.6 Å². The van der Waals surface area contributed by atoms with Crippen LogP contribution in [0.5, 0.6) is 0 Å². The minimum Gasteiger partial charge on any atom is -0.504 e. The Bertz CT molecular complexity index is 1250. The fourth-order valence-corrected chi connectivity index (χ4v) is 8.18. The summed E-state index contributed by atoms with van der Waals surface area (Å²) in [5, 5.41) is 22.7. The lowest BCUT2D eigenvalue weighted by Crippen LogP contribution is -2.57. The van der Waals surface area contributed by atoms with Crippen molar-refractivity contribution in [2.24, 2.45) is 16.7 Å². The summed E-state index contributed by atoms with van der Waals surface area (Å²) in [6.07, 6.45) is 1.75. The number of allylic oxidation sites excluding steroid dienone is 1. The number of piperazine rings is 1. The maximum absolute atomic E-state index is 14.2. The first-order valence-corrected chi connectivity index (χ1v) is 15.4. The molecular weight excluding hydrogens is 554 g/mol. The fourth-order valence-electron chi connectivity index (χ4n) is 8.18. The Balaban J connectivity index is 1.56. The number of esters is 2. The molecule has 0 radical (unpaired) electrons. The Morgan fingerprint density at radius 2 is 1.86 bits per heavy atom. The summed E-state index contributed by atoms with van der Waals surface area (Å²) >= 11 is 0. The Morgan fingerprint density at radius 1 is 1.16 bits per heavy atom. The number of carbonyl (C=O) groups excluding carboxylic acids is 3. The molecule has 1 saturated carbocycles. The monoisotopic (exact) mass is 601 g/mol. The number of hydrogen-bond acceptors (Lipinski definition) is 11. The molecule has 2 N–H and O–H groups in total. The van der Waals surface area contributed by atoms with Crippen LogP contribution in [0.1, 0.15) is 46.5 Å². The number of Topliss-reactive ketones (excluding diaryl/α,β-unsaturated/α-hetero) is 1. The second kappa shape index (κ2) is 12.0. The van der Waals surface area contributed by atoms with Crippen molar-refractivity contribution in [1.82, 2.24) is 14.7 Å². The van der Waals surface area contributed by atoms with Crippen molar-refractivity contribution in [3.8, 4) is 0 Å². The minimum atomic E-state index is -1.20. The van der Waals surface area contributed by atoms with Gasteiger partial charge in [-0.1, -0.05) is 6.92 Å². The molecule has 6 unspecified atom stereocenters. The predicted octanol–water partition coefficient (Wildman–Crippen LogP) is 1.82. The van der Waals surface area contributed by atoms with Gasteiger partial charge >= 0.3 is 11.9 Å². The Kier molecular flexibility index (Phi) is 8.83. The molecule has 11 nitrogen and oxygen atoms in total. The van der Waals surface area contributed by atoms with Crippen LogP contribution < -0.4 is 0 Å². The predicted molar refractivity (Wildman–Crippen MR) is 158 cm³/mol. The normalized spacial score (nSPS) is 35.7. The maximum atomic E-state index is 14.2. The minimum absolute atomic E-state index is 0.0141. The highest BCUT2D eigenvalue weighted by atomic mass is 16.6. The van der Waals surface area contributed by atoms with E-state index in [1.165, 1.54) is 14.0 Å². The van der Waals surface area contributed by atoms with Gasteiger partial charge in [-0.05, 0) is 71.3 Å². The number of fused-ring (bicyclic) bond motifs is 4. The summed E-state index contributed by atoms with van der Waals surface area (Å²) in [7, 11) is 5.63. The van der Waals surface area contributed by atoms with E-state index in [1.807, 2.05) is 18.7 Å². The molecule has 3 fully saturated rings. The van der Waals surface area contributed by atoms with Crippen LogP contribution in [0.2, 0.25) is 0 Å². The third-order valence-electron chi connectivity index (χ3n) is 10.5. The van der Waals surface area contributed by atoms with E-state index in [2.05, 4.69) is 23.9 Å². The van der Waals surface area contributed by atoms with Crippen LogP contribution in [0.4, 0.5) is 0 Å². The molecule has 43 heavy (non-hydrogen) atoms. The summed E-state index contributed by atoms with van der Waals surface area (Å²) in [5.74, 6) is -2.55. The number of hydrogen-bond donors (Lipinski definition) is 2. The average molecular weight is 602 g/mol. The van der Waals surface area contributed by atoms with Gasteiger partial charge in [0.15, 0.2) is 5.76 Å². The van der Waals surface area contributed by atoms with Gasteiger partial charge in [0.25, 0.3) is 0 Å². The van der Waals surface area contributed by atoms with Gasteiger partial charge in [-0.3, -0.25) is 14.5 Å². The molecule has 0 aromatic heterocycles. The van der Waals surface area contributed by atoms with Gasteiger partial charge in [0.05, 0.1) is 23.7 Å². The van der Waals surface area contributed by atoms with Crippen LogP contribution >= 0.6 is 0 Å². The molecule has 2 heterocycles. The Morgan fingerprint density at radius 3 is 2.49 bits per heavy atom. The van der Waals surface area contributed by atoms with Gasteiger partial charge in [0, 0.05) is 63.0 Å². The molecule has 11 heteroatoms. The van der Waals surface area contributed by atoms with E-state index >= 15 is 0 Å². The van der Waals surface area contributed by atoms with Crippen LogP contribution in [0, 0.1) is 16.7 Å². The molecule has 0 aromatic rings. The molecule has 2 aliphatic heterocycles. The number of ether oxygens (including phenoxy) is 3. The Labute approximate surface area is 254 Å². The summed E-state index contributed by atoms with van der Waals surface area (Å²) in [5.41, 5.74) is -0.674. The number of carbonyl (C=O) groups is 3. The van der Waals surface area contributed by atoms with E-state index in [1.54, 1.807) is 6.20 Å². The van der Waals surface area contributed by atoms with Gasteiger partial charge in [-0.2, -0.15) is 0 Å². The summed E-state index contributed by atoms with van der Waals surface area (Å²) < 4.78 is 17.4. The molecule has 6 atom stereocenters. The van der Waals surface area contributed by atoms with Crippen molar-refractivity contribution < 1.29 is 38.8 Å². The molecule has 0 amide bonds. The number of aliphatic hydroxyl groups is 2. The van der Waals surface area contributed by atoms with E-state index in [4.69, 9.17) is 14.2 Å². The standard InChI is InChI=1S/C32H47N3O8/c1-19(36)42-22-16-31(2)21(8-9-23(31)37)25-27(22)32(3)24(18-41-6)43-30(40)20(26(32)29(39)28(25)38)17-35-14-12-34(13-15-35)11-7-10-33(4)5/h17,21-24,37,39H,7-16,18H2,1-6H3/b20-17-. The molecule has 3 aliphatic carbocycles. The van der Waals surface area contributed by atoms with Gasteiger partial charge < -0.3 is 34.2 Å². The summed E-state index contributed by atoms with van der Waals surface area (Å²) in [6.45, 7) is 10.1. The van der Waals surface area contributed by atoms with Gasteiger partial charge in [-0.15, -0.1) is 0 Å². The van der Waals surface area contributed by atoms with Crippen molar-refractivity contribution in [3.05, 3.63) is 34.3 Å². The largest absolute Gasteiger partial charge is 0.504 e. The highest BCUT2D eigenvalue weighted by Crippen LogP contribution is 2.63. The number of rotatable bonds is 8. The number of aliphatic hydroxyl groups excluding tert-OH is 2. The van der Waals surface area contributed by atoms with Gasteiger partial charge in [0.1, 0.15) is 12.2 Å². The van der Waals surface area contributed by atoms with E-state index in [0.717, 1.165) is 32.6 Å². The highest BCUT2D eigenvalue weighted by molar-refractivity contribution is 6.13. The Hall–Kier alpha value is -2.73. The van der Waals surface area contributed by atoms with Crippen molar-refractivity contribution in [3.63, 3.8) is 0 Å². The zero-order chi connectivity index (χ0) is 31.3. The molecular formula is C32H47N3O8. The lowest BCUT2D eigenvalue weighted by atomic mass is 9.53. The molecule has 5 rings (SSSR count). The quantitative estimate of drug-likeness (QED) is 0.312. The second-order valence-electron chi connectivity index (χ2n) is 13.5. The van der Waals surface area contributed by atoms with Crippen LogP contribution in [0.3, 0.4) is 0 Å². The van der Waals surface area contributed by atoms with Crippen molar-refractivity contribution >= 4 is 17.7 Å². The maximum Gasteiger partial charge on any atom is 0.340 e. The van der Waals surface area contributed by atoms with E-state index < -0.39 is 52.6 Å². The van der Waals surface area contributed by atoms with Gasteiger partial charge in [0.2, 0.25) is 5.78 Å². The third-order valence-corrected chi connectivity index (χ3v) is 10.5. The molecule has 0 aromatic carbocycles. The molecule has 2 saturated heterocycles. The first-order valence-electron chi connectivity index (χ1n) is 15.4. The lowest BCUT2D eigenvalue weighted by Gasteiger charge is -2.54. The van der Waals surface area contributed by atoms with Crippen LogP contribution in [0.25, 0.3) is 0 Å². The smallest absolute Gasteiger partial charge is 0.340 e. The fraction of sp³-hybridized carbons (Fsp3) is 0.719. The topological polar surface area (TPSA) is 129 Å². The number of ketones is 1. The average Bonchev–Trinajstić information content (AvgIpc) is 3.23. The number of methoxy groups -OCH3 is 1. The van der Waals surface area contributed by atoms with Crippen molar-refractivity contribution in [2.45, 2.75) is 64.8 Å². The first-order chi connectivity index (χ1) is 20.3. The SMILES string of the molecule is COCC1OC(=O)/C(=C\N2CCN(CCCN(C)C)CC2)C2=C(O)C(=O)C3=C(C(OC(C)=O)CC4(C)C(O)CCC34)C21C. The zero-order valence-electron chi connectivity index (χ0n) is 26.4.